The molecule has 0 unspecified atom stereocenters. The number of benzene rings is 1. The third-order valence-electron chi connectivity index (χ3n) is 5.99. The Hall–Kier alpha value is -3.51. The van der Waals surface area contributed by atoms with Gasteiger partial charge >= 0.3 is 0 Å². The van der Waals surface area contributed by atoms with Crippen LogP contribution in [0.25, 0.3) is 11.3 Å². The van der Waals surface area contributed by atoms with Crippen LogP contribution in [0.3, 0.4) is 0 Å². The Labute approximate surface area is 199 Å². The van der Waals surface area contributed by atoms with Crippen LogP contribution in [0, 0.1) is 29.5 Å². The van der Waals surface area contributed by atoms with E-state index < -0.39 is 11.2 Å². The lowest BCUT2D eigenvalue weighted by Gasteiger charge is -2.28. The molecule has 3 aromatic rings. The molecule has 34 heavy (non-hydrogen) atoms. The van der Waals surface area contributed by atoms with Crippen molar-refractivity contribution in [2.24, 2.45) is 5.41 Å². The van der Waals surface area contributed by atoms with E-state index in [9.17, 15) is 4.39 Å². The molecule has 0 aliphatic carbocycles. The molecule has 1 aromatic carbocycles. The van der Waals surface area contributed by atoms with Crippen LogP contribution in [-0.4, -0.2) is 51.4 Å². The van der Waals surface area contributed by atoms with Gasteiger partial charge in [-0.15, -0.1) is 0 Å². The fraction of sp³-hybridized carbons (Fsp3) is 0.440. The summed E-state index contributed by atoms with van der Waals surface area (Å²) < 4.78 is 22.2. The third kappa shape index (κ3) is 5.51. The minimum atomic E-state index is -0.698. The summed E-state index contributed by atoms with van der Waals surface area (Å²) in [4.78, 5) is 11.3. The van der Waals surface area contributed by atoms with E-state index in [1.165, 1.54) is 6.07 Å². The quantitative estimate of drug-likeness (QED) is 0.542. The van der Waals surface area contributed by atoms with Crippen LogP contribution < -0.4 is 10.1 Å². The van der Waals surface area contributed by atoms with E-state index in [1.54, 1.807) is 38.4 Å². The van der Waals surface area contributed by atoms with Crippen molar-refractivity contribution in [3.8, 4) is 23.1 Å². The Morgan fingerprint density at radius 2 is 2.03 bits per heavy atom. The minimum absolute atomic E-state index is 0.103. The van der Waals surface area contributed by atoms with E-state index in [4.69, 9.17) is 10.00 Å². The highest BCUT2D eigenvalue weighted by atomic mass is 19.1. The zero-order valence-corrected chi connectivity index (χ0v) is 20.0. The molecule has 3 heterocycles. The van der Waals surface area contributed by atoms with Gasteiger partial charge < -0.3 is 15.0 Å². The average molecular weight is 464 g/mol. The van der Waals surface area contributed by atoms with Crippen LogP contribution >= 0.6 is 0 Å². The molecule has 9 heteroatoms. The van der Waals surface area contributed by atoms with Gasteiger partial charge in [-0.1, -0.05) is 0 Å². The standard InChI is InChI=1S/C25H30FN7O/c1-17-12-28-24(30-19-13-29-33(14-19)20-7-9-32(4)10-8-20)31-23(17)18-5-6-22(21(26)11-18)34-16-25(2,3)15-27/h5-6,11-14,20H,7-10,16H2,1-4H3,(H,28,30,31). The molecule has 0 amide bonds. The second-order valence-corrected chi connectivity index (χ2v) is 9.52. The summed E-state index contributed by atoms with van der Waals surface area (Å²) in [5.41, 5.74) is 2.18. The van der Waals surface area contributed by atoms with E-state index in [-0.39, 0.29) is 12.4 Å². The first-order chi connectivity index (χ1) is 16.2. The molecule has 0 spiro atoms. The number of anilines is 2. The number of hydrogen-bond acceptors (Lipinski definition) is 7. The number of aryl methyl sites for hydroxylation is 1. The first-order valence-corrected chi connectivity index (χ1v) is 11.4. The van der Waals surface area contributed by atoms with Crippen LogP contribution in [0.2, 0.25) is 0 Å². The number of nitriles is 1. The molecule has 4 rings (SSSR count). The maximum absolute atomic E-state index is 14.7. The van der Waals surface area contributed by atoms with Crippen LogP contribution in [0.1, 0.15) is 38.3 Å². The van der Waals surface area contributed by atoms with Crippen LogP contribution in [0.15, 0.2) is 36.8 Å². The summed E-state index contributed by atoms with van der Waals surface area (Å²) in [5, 5.41) is 16.9. The van der Waals surface area contributed by atoms with E-state index in [0.717, 1.165) is 37.2 Å². The SMILES string of the molecule is Cc1cnc(Nc2cnn(C3CCN(C)CC3)c2)nc1-c1ccc(OCC(C)(C)C#N)c(F)c1. The summed E-state index contributed by atoms with van der Waals surface area (Å²) in [5.74, 6) is 0.0247. The first-order valence-electron chi connectivity index (χ1n) is 11.4. The molecule has 0 bridgehead atoms. The van der Waals surface area contributed by atoms with Gasteiger partial charge in [0.05, 0.1) is 35.1 Å². The number of aromatic nitrogens is 4. The minimum Gasteiger partial charge on any atom is -0.489 e. The van der Waals surface area contributed by atoms with Crippen molar-refractivity contribution in [3.63, 3.8) is 0 Å². The number of piperidine rings is 1. The lowest BCUT2D eigenvalue weighted by Crippen LogP contribution is -2.31. The van der Waals surface area contributed by atoms with Crippen LogP contribution in [0.5, 0.6) is 5.75 Å². The maximum Gasteiger partial charge on any atom is 0.227 e. The highest BCUT2D eigenvalue weighted by Gasteiger charge is 2.20. The van der Waals surface area contributed by atoms with Gasteiger partial charge in [0.25, 0.3) is 0 Å². The lowest BCUT2D eigenvalue weighted by atomic mass is 9.98. The van der Waals surface area contributed by atoms with Gasteiger partial charge in [-0.05, 0) is 77.5 Å². The van der Waals surface area contributed by atoms with Crippen molar-refractivity contribution in [1.82, 2.24) is 24.6 Å². The fourth-order valence-electron chi connectivity index (χ4n) is 3.84. The molecule has 0 saturated carbocycles. The van der Waals surface area contributed by atoms with E-state index in [1.807, 2.05) is 17.8 Å². The van der Waals surface area contributed by atoms with Gasteiger partial charge in [-0.2, -0.15) is 10.4 Å². The van der Waals surface area contributed by atoms with Crippen molar-refractivity contribution in [3.05, 3.63) is 48.2 Å². The second-order valence-electron chi connectivity index (χ2n) is 9.52. The third-order valence-corrected chi connectivity index (χ3v) is 5.99. The Morgan fingerprint density at radius 3 is 2.74 bits per heavy atom. The molecule has 1 aliphatic rings. The summed E-state index contributed by atoms with van der Waals surface area (Å²) in [7, 11) is 2.14. The monoisotopic (exact) mass is 463 g/mol. The largest absolute Gasteiger partial charge is 0.489 e. The molecule has 0 radical (unpaired) electrons. The van der Waals surface area contributed by atoms with Crippen molar-refractivity contribution < 1.29 is 9.13 Å². The predicted octanol–water partition coefficient (Wildman–Crippen LogP) is 4.73. The molecular weight excluding hydrogens is 433 g/mol. The predicted molar refractivity (Wildman–Crippen MR) is 128 cm³/mol. The number of nitrogens with zero attached hydrogens (tertiary/aromatic N) is 6. The highest BCUT2D eigenvalue weighted by molar-refractivity contribution is 5.65. The summed E-state index contributed by atoms with van der Waals surface area (Å²) in [6, 6.07) is 7.26. The summed E-state index contributed by atoms with van der Waals surface area (Å²) in [6.45, 7) is 7.61. The molecule has 178 valence electrons. The van der Waals surface area contributed by atoms with Gasteiger partial charge in [-0.25, -0.2) is 14.4 Å². The van der Waals surface area contributed by atoms with Crippen LogP contribution in [-0.2, 0) is 0 Å². The fourth-order valence-corrected chi connectivity index (χ4v) is 3.84. The lowest BCUT2D eigenvalue weighted by molar-refractivity contribution is 0.212. The maximum atomic E-state index is 14.7. The molecule has 0 atom stereocenters. The van der Waals surface area contributed by atoms with Gasteiger partial charge in [0.2, 0.25) is 5.95 Å². The first kappa shape index (κ1) is 23.6. The van der Waals surface area contributed by atoms with E-state index >= 15 is 0 Å². The number of rotatable bonds is 7. The number of halogens is 1. The topological polar surface area (TPSA) is 91.9 Å². The number of likely N-dealkylation sites (tertiary alicyclic amines) is 1. The molecule has 2 aromatic heterocycles. The van der Waals surface area contributed by atoms with Gasteiger partial charge in [0.15, 0.2) is 11.6 Å². The smallest absolute Gasteiger partial charge is 0.227 e. The van der Waals surface area contributed by atoms with Crippen LogP contribution in [0.4, 0.5) is 16.0 Å². The normalized spacial score (nSPS) is 15.2. The van der Waals surface area contributed by atoms with E-state index in [0.29, 0.717) is 23.2 Å². The van der Waals surface area contributed by atoms with Crippen molar-refractivity contribution in [1.29, 1.82) is 5.26 Å². The Kier molecular flexibility index (Phi) is 6.80. The number of hydrogen-bond donors (Lipinski definition) is 1. The molecule has 1 fully saturated rings. The molecule has 1 aliphatic heterocycles. The second kappa shape index (κ2) is 9.77. The molecular formula is C25H30FN7O. The average Bonchev–Trinajstić information content (AvgIpc) is 3.28. The molecule has 8 nitrogen and oxygen atoms in total. The summed E-state index contributed by atoms with van der Waals surface area (Å²) >= 11 is 0. The van der Waals surface area contributed by atoms with Crippen molar-refractivity contribution >= 4 is 11.6 Å². The molecule has 1 saturated heterocycles. The zero-order chi connectivity index (χ0) is 24.3. The highest BCUT2D eigenvalue weighted by Crippen LogP contribution is 2.29. The number of ether oxygens (including phenoxy) is 1. The van der Waals surface area contributed by atoms with E-state index in [2.05, 4.69) is 38.4 Å². The van der Waals surface area contributed by atoms with Gasteiger partial charge in [0.1, 0.15) is 6.61 Å². The summed E-state index contributed by atoms with van der Waals surface area (Å²) in [6.07, 6.45) is 7.61. The van der Waals surface area contributed by atoms with Crippen molar-refractivity contribution in [2.75, 3.05) is 32.1 Å². The molecule has 1 N–H and O–H groups in total. The zero-order valence-electron chi connectivity index (χ0n) is 20.0. The Morgan fingerprint density at radius 1 is 1.26 bits per heavy atom. The van der Waals surface area contributed by atoms with Crippen molar-refractivity contribution in [2.45, 2.75) is 39.7 Å². The Bertz CT molecular complexity index is 1190. The van der Waals surface area contributed by atoms with Gasteiger partial charge in [0, 0.05) is 18.0 Å². The Balaban J connectivity index is 1.48. The van der Waals surface area contributed by atoms with Gasteiger partial charge in [-0.3, -0.25) is 4.68 Å². The number of nitrogens with one attached hydrogen (secondary N) is 1.